The number of aliphatic hydroxyl groups is 2. The first kappa shape index (κ1) is 25.4. The van der Waals surface area contributed by atoms with Gasteiger partial charge in [-0.05, 0) is 43.9 Å². The third-order valence-corrected chi connectivity index (χ3v) is 6.24. The second kappa shape index (κ2) is 9.35. The Balaban J connectivity index is 2.12. The van der Waals surface area contributed by atoms with Crippen molar-refractivity contribution >= 4 is 23.5 Å². The number of nitrogens with zero attached hydrogens (tertiary/aromatic N) is 1. The smallest absolute Gasteiger partial charge is 0.315 e. The first-order valence-corrected chi connectivity index (χ1v) is 11.1. The minimum absolute atomic E-state index is 0.0721. The molecule has 8 heteroatoms. The number of piperidine rings is 1. The molecule has 2 atom stereocenters. The fourth-order valence-electron chi connectivity index (χ4n) is 3.97. The van der Waals surface area contributed by atoms with E-state index in [1.807, 2.05) is 39.8 Å². The average Bonchev–Trinajstić information content (AvgIpc) is 2.65. The first-order chi connectivity index (χ1) is 14.2. The Bertz CT molecular complexity index is 789. The Labute approximate surface area is 190 Å². The van der Waals surface area contributed by atoms with Crippen LogP contribution in [0.4, 0.5) is 4.79 Å². The van der Waals surface area contributed by atoms with Crippen molar-refractivity contribution in [2.75, 3.05) is 19.6 Å². The molecular formula is C23H36ClN3O4. The lowest BCUT2D eigenvalue weighted by Crippen LogP contribution is -2.61. The second-order valence-corrected chi connectivity index (χ2v) is 10.6. The predicted octanol–water partition coefficient (Wildman–Crippen LogP) is 2.88. The number of nitrogens with one attached hydrogen (secondary N) is 2. The summed E-state index contributed by atoms with van der Waals surface area (Å²) in [6, 6.07) is 5.96. The molecule has 0 bridgehead atoms. The number of hydrogen-bond donors (Lipinski definition) is 4. The second-order valence-electron chi connectivity index (χ2n) is 10.1. The van der Waals surface area contributed by atoms with E-state index in [4.69, 9.17) is 11.6 Å². The molecule has 1 saturated heterocycles. The molecule has 0 saturated carbocycles. The molecule has 31 heavy (non-hydrogen) atoms. The van der Waals surface area contributed by atoms with Crippen LogP contribution in [0.1, 0.15) is 53.5 Å². The van der Waals surface area contributed by atoms with Gasteiger partial charge in [-0.15, -0.1) is 0 Å². The van der Waals surface area contributed by atoms with Crippen LogP contribution >= 0.6 is 11.6 Å². The van der Waals surface area contributed by atoms with Crippen LogP contribution in [0.3, 0.4) is 0 Å². The summed E-state index contributed by atoms with van der Waals surface area (Å²) in [5.74, 6) is -0.305. The molecular weight excluding hydrogens is 418 g/mol. The molecule has 7 nitrogen and oxygen atoms in total. The summed E-state index contributed by atoms with van der Waals surface area (Å²) < 4.78 is 0. The average molecular weight is 454 g/mol. The Morgan fingerprint density at radius 2 is 1.81 bits per heavy atom. The van der Waals surface area contributed by atoms with E-state index >= 15 is 0 Å². The van der Waals surface area contributed by atoms with E-state index in [0.717, 1.165) is 5.56 Å². The molecule has 1 fully saturated rings. The summed E-state index contributed by atoms with van der Waals surface area (Å²) in [4.78, 5) is 27.3. The normalized spacial score (nSPS) is 22.2. The van der Waals surface area contributed by atoms with Crippen LogP contribution in [0.5, 0.6) is 0 Å². The topological polar surface area (TPSA) is 102 Å². The van der Waals surface area contributed by atoms with E-state index in [0.29, 0.717) is 24.5 Å². The summed E-state index contributed by atoms with van der Waals surface area (Å²) in [6.07, 6.45) is 0.378. The van der Waals surface area contributed by atoms with Crippen LogP contribution in [0.15, 0.2) is 24.3 Å². The maximum Gasteiger partial charge on any atom is 0.315 e. The Kier molecular flexibility index (Phi) is 7.67. The number of likely N-dealkylation sites (tertiary alicyclic amines) is 1. The van der Waals surface area contributed by atoms with Gasteiger partial charge in [0.15, 0.2) is 0 Å². The molecule has 0 radical (unpaired) electrons. The highest BCUT2D eigenvalue weighted by Crippen LogP contribution is 2.46. The van der Waals surface area contributed by atoms with E-state index < -0.39 is 28.7 Å². The maximum atomic E-state index is 13.3. The van der Waals surface area contributed by atoms with Crippen molar-refractivity contribution in [3.05, 3.63) is 34.9 Å². The standard InChI is InChI=1S/C23H36ClN3O4/c1-15(2)18(26-20(29)25-13-22(5,6)30)19(28)27-12-11-23(31,21(3,4)14-27)16-7-9-17(24)10-8-16/h7-10,15,18,30-31H,11-14H2,1-6H3,(H2,25,26,29)/t18-,23-/m0/s1. The zero-order chi connectivity index (χ0) is 23.6. The molecule has 1 heterocycles. The summed E-state index contributed by atoms with van der Waals surface area (Å²) >= 11 is 6.00. The monoisotopic (exact) mass is 453 g/mol. The van der Waals surface area contributed by atoms with Gasteiger partial charge in [0, 0.05) is 30.1 Å². The van der Waals surface area contributed by atoms with Gasteiger partial charge in [0.2, 0.25) is 5.91 Å². The molecule has 1 aliphatic heterocycles. The molecule has 0 spiro atoms. The van der Waals surface area contributed by atoms with Crippen molar-refractivity contribution < 1.29 is 19.8 Å². The van der Waals surface area contributed by atoms with E-state index in [1.54, 1.807) is 30.9 Å². The number of urea groups is 1. The largest absolute Gasteiger partial charge is 0.389 e. The molecule has 0 unspecified atom stereocenters. The quantitative estimate of drug-likeness (QED) is 0.531. The fraction of sp³-hybridized carbons (Fsp3) is 0.652. The van der Waals surface area contributed by atoms with Crippen molar-refractivity contribution in [3.8, 4) is 0 Å². The lowest BCUT2D eigenvalue weighted by molar-refractivity contribution is -0.155. The molecule has 1 aliphatic rings. The van der Waals surface area contributed by atoms with Gasteiger partial charge in [0.1, 0.15) is 6.04 Å². The van der Waals surface area contributed by atoms with Crippen LogP contribution in [0, 0.1) is 11.3 Å². The lowest BCUT2D eigenvalue weighted by Gasteiger charge is -2.51. The number of rotatable bonds is 6. The van der Waals surface area contributed by atoms with Gasteiger partial charge >= 0.3 is 6.03 Å². The first-order valence-electron chi connectivity index (χ1n) is 10.7. The van der Waals surface area contributed by atoms with E-state index in [9.17, 15) is 19.8 Å². The van der Waals surface area contributed by atoms with E-state index in [2.05, 4.69) is 10.6 Å². The number of carbonyl (C=O) groups excluding carboxylic acids is 2. The molecule has 1 aromatic carbocycles. The number of amides is 3. The number of benzene rings is 1. The molecule has 174 valence electrons. The van der Waals surface area contributed by atoms with Crippen LogP contribution in [-0.4, -0.2) is 58.3 Å². The number of hydrogen-bond acceptors (Lipinski definition) is 4. The summed E-state index contributed by atoms with van der Waals surface area (Å²) in [5, 5.41) is 27.3. The zero-order valence-corrected chi connectivity index (χ0v) is 20.1. The van der Waals surface area contributed by atoms with Crippen LogP contribution in [0.2, 0.25) is 5.02 Å². The summed E-state index contributed by atoms with van der Waals surface area (Å²) in [6.45, 7) is 11.6. The van der Waals surface area contributed by atoms with Crippen LogP contribution < -0.4 is 10.6 Å². The van der Waals surface area contributed by atoms with Crippen LogP contribution in [-0.2, 0) is 10.4 Å². The molecule has 0 aliphatic carbocycles. The highest BCUT2D eigenvalue weighted by Gasteiger charge is 2.50. The van der Waals surface area contributed by atoms with Gasteiger partial charge in [-0.3, -0.25) is 4.79 Å². The van der Waals surface area contributed by atoms with Gasteiger partial charge < -0.3 is 25.7 Å². The fourth-order valence-corrected chi connectivity index (χ4v) is 4.10. The van der Waals surface area contributed by atoms with Crippen molar-refractivity contribution in [2.45, 2.75) is 65.2 Å². The maximum absolute atomic E-state index is 13.3. The lowest BCUT2D eigenvalue weighted by atomic mass is 9.66. The van der Waals surface area contributed by atoms with Gasteiger partial charge in [-0.2, -0.15) is 0 Å². The third-order valence-electron chi connectivity index (χ3n) is 5.98. The van der Waals surface area contributed by atoms with Crippen molar-refractivity contribution in [2.24, 2.45) is 11.3 Å². The van der Waals surface area contributed by atoms with Crippen molar-refractivity contribution in [1.29, 1.82) is 0 Å². The minimum Gasteiger partial charge on any atom is -0.389 e. The predicted molar refractivity (Wildman–Crippen MR) is 122 cm³/mol. The van der Waals surface area contributed by atoms with Gasteiger partial charge in [-0.1, -0.05) is 51.4 Å². The summed E-state index contributed by atoms with van der Waals surface area (Å²) in [7, 11) is 0. The Morgan fingerprint density at radius 3 is 2.29 bits per heavy atom. The summed E-state index contributed by atoms with van der Waals surface area (Å²) in [5.41, 5.74) is -1.98. The Morgan fingerprint density at radius 1 is 1.23 bits per heavy atom. The Hall–Kier alpha value is -1.83. The third kappa shape index (κ3) is 6.11. The number of halogens is 1. The van der Waals surface area contributed by atoms with Gasteiger partial charge in [0.25, 0.3) is 0 Å². The highest BCUT2D eigenvalue weighted by molar-refractivity contribution is 6.30. The van der Waals surface area contributed by atoms with E-state index in [-0.39, 0.29) is 18.4 Å². The molecule has 1 aromatic rings. The van der Waals surface area contributed by atoms with Crippen molar-refractivity contribution in [1.82, 2.24) is 15.5 Å². The molecule has 3 amide bonds. The highest BCUT2D eigenvalue weighted by atomic mass is 35.5. The van der Waals surface area contributed by atoms with Gasteiger partial charge in [0.05, 0.1) is 11.2 Å². The molecule has 0 aromatic heterocycles. The molecule has 4 N–H and O–H groups in total. The number of carbonyl (C=O) groups is 2. The minimum atomic E-state index is -1.10. The van der Waals surface area contributed by atoms with Crippen molar-refractivity contribution in [3.63, 3.8) is 0 Å². The SMILES string of the molecule is CC(C)[C@H](NC(=O)NCC(C)(C)O)C(=O)N1CC[C@](O)(c2ccc(Cl)cc2)C(C)(C)C1. The zero-order valence-electron chi connectivity index (χ0n) is 19.3. The van der Waals surface area contributed by atoms with E-state index in [1.165, 1.54) is 0 Å². The molecule has 2 rings (SSSR count). The van der Waals surface area contributed by atoms with Gasteiger partial charge in [-0.25, -0.2) is 4.79 Å². The van der Waals surface area contributed by atoms with Crippen LogP contribution in [0.25, 0.3) is 0 Å².